The number of aliphatic carboxylic acids is 1. The molecule has 0 aromatic heterocycles. The van der Waals surface area contributed by atoms with Crippen molar-refractivity contribution in [2.75, 3.05) is 0 Å². The van der Waals surface area contributed by atoms with Crippen LogP contribution in [0.5, 0.6) is 0 Å². The van der Waals surface area contributed by atoms with Crippen molar-refractivity contribution in [2.45, 2.75) is 56.9 Å². The summed E-state index contributed by atoms with van der Waals surface area (Å²) in [6.07, 6.45) is -4.92. The number of carbonyl (C=O) groups excluding carboxylic acids is 1. The van der Waals surface area contributed by atoms with Crippen LogP contribution in [0.25, 0.3) is 0 Å². The number of unbranched alkanes of at least 4 members (excludes halogenated alkanes) is 4. The van der Waals surface area contributed by atoms with Gasteiger partial charge in [0, 0.05) is 5.56 Å². The van der Waals surface area contributed by atoms with Crippen LogP contribution in [-0.4, -0.2) is 23.0 Å². The molecule has 0 aliphatic carbocycles. The maximum atomic E-state index is 12.9. The van der Waals surface area contributed by atoms with Crippen LogP contribution in [0.1, 0.15) is 60.0 Å². The minimum Gasteiger partial charge on any atom is -0.480 e. The summed E-state index contributed by atoms with van der Waals surface area (Å²) < 4.78 is 77.3. The third-order valence-corrected chi connectivity index (χ3v) is 4.10. The average Bonchev–Trinajstić information content (AvgIpc) is 2.61. The maximum Gasteiger partial charge on any atom is 0.416 e. The first-order valence-electron chi connectivity index (χ1n) is 8.80. The van der Waals surface area contributed by atoms with Crippen molar-refractivity contribution in [1.82, 2.24) is 5.32 Å². The molecule has 0 spiro atoms. The molecule has 1 amide bonds. The highest BCUT2D eigenvalue weighted by Crippen LogP contribution is 2.36. The van der Waals surface area contributed by atoms with Crippen LogP contribution in [-0.2, 0) is 17.1 Å². The summed E-state index contributed by atoms with van der Waals surface area (Å²) in [6, 6.07) is -1.00. The summed E-state index contributed by atoms with van der Waals surface area (Å²) in [6.45, 7) is 3.57. The van der Waals surface area contributed by atoms with Gasteiger partial charge in [-0.05, 0) is 37.5 Å². The molecule has 10 heteroatoms. The van der Waals surface area contributed by atoms with E-state index in [1.165, 1.54) is 0 Å². The third-order valence-electron chi connectivity index (χ3n) is 4.10. The second kappa shape index (κ2) is 10.3. The molecule has 2 N–H and O–H groups in total. The molecule has 0 aliphatic heterocycles. The molecule has 1 rings (SSSR count). The smallest absolute Gasteiger partial charge is 0.416 e. The van der Waals surface area contributed by atoms with Crippen LogP contribution < -0.4 is 5.32 Å². The standard InChI is InChI=1S/C19H21F6NO3/c1-2-3-4-5-6-7-8-15(17(28)29)26-16(27)12-9-13(18(20,21)22)11-14(10-12)19(23,24)25/h2,9-11,15H,1,3-8H2,(H,26,27)(H,28,29)/t15-/m0/s1. The topological polar surface area (TPSA) is 66.4 Å². The summed E-state index contributed by atoms with van der Waals surface area (Å²) in [5, 5.41) is 11.2. The minimum absolute atomic E-state index is 0.000250. The molecule has 1 aromatic carbocycles. The molecular formula is C19H21F6NO3. The monoisotopic (exact) mass is 425 g/mol. The normalized spacial score (nSPS) is 13.0. The molecule has 0 radical (unpaired) electrons. The molecule has 0 heterocycles. The molecule has 0 saturated carbocycles. The predicted molar refractivity (Wildman–Crippen MR) is 93.2 cm³/mol. The first-order valence-corrected chi connectivity index (χ1v) is 8.80. The Bertz CT molecular complexity index is 695. The van der Waals surface area contributed by atoms with Crippen molar-refractivity contribution in [1.29, 1.82) is 0 Å². The number of allylic oxidation sites excluding steroid dienone is 1. The Morgan fingerprint density at radius 3 is 1.93 bits per heavy atom. The van der Waals surface area contributed by atoms with E-state index >= 15 is 0 Å². The molecule has 0 saturated heterocycles. The van der Waals surface area contributed by atoms with Gasteiger partial charge in [-0.25, -0.2) is 4.79 Å². The average molecular weight is 425 g/mol. The Kier molecular flexibility index (Phi) is 8.72. The zero-order valence-corrected chi connectivity index (χ0v) is 15.4. The highest BCUT2D eigenvalue weighted by atomic mass is 19.4. The lowest BCUT2D eigenvalue weighted by Crippen LogP contribution is -2.40. The molecule has 1 aromatic rings. The second-order valence-corrected chi connectivity index (χ2v) is 6.44. The molecule has 0 unspecified atom stereocenters. The zero-order valence-electron chi connectivity index (χ0n) is 15.4. The number of hydrogen-bond acceptors (Lipinski definition) is 2. The Morgan fingerprint density at radius 1 is 0.966 bits per heavy atom. The minimum atomic E-state index is -5.10. The van der Waals surface area contributed by atoms with Crippen LogP contribution in [0.4, 0.5) is 26.3 Å². The van der Waals surface area contributed by atoms with Crippen molar-refractivity contribution in [3.8, 4) is 0 Å². The van der Waals surface area contributed by atoms with Gasteiger partial charge in [-0.3, -0.25) is 4.79 Å². The van der Waals surface area contributed by atoms with E-state index in [1.807, 2.05) is 5.32 Å². The summed E-state index contributed by atoms with van der Waals surface area (Å²) in [5.74, 6) is -2.74. The lowest BCUT2D eigenvalue weighted by Gasteiger charge is -2.17. The largest absolute Gasteiger partial charge is 0.480 e. The quantitative estimate of drug-likeness (QED) is 0.298. The number of benzene rings is 1. The number of alkyl halides is 6. The van der Waals surface area contributed by atoms with Gasteiger partial charge in [0.05, 0.1) is 11.1 Å². The number of nitrogens with one attached hydrogen (secondary N) is 1. The zero-order chi connectivity index (χ0) is 22.2. The predicted octanol–water partition coefficient (Wildman–Crippen LogP) is 5.43. The summed E-state index contributed by atoms with van der Waals surface area (Å²) in [4.78, 5) is 23.5. The van der Waals surface area contributed by atoms with Crippen LogP contribution in [0.2, 0.25) is 0 Å². The van der Waals surface area contributed by atoms with Gasteiger partial charge in [-0.1, -0.05) is 25.3 Å². The van der Waals surface area contributed by atoms with Crippen molar-refractivity contribution in [3.05, 3.63) is 47.5 Å². The Hall–Kier alpha value is -2.52. The molecule has 0 aliphatic rings. The maximum absolute atomic E-state index is 12.9. The van der Waals surface area contributed by atoms with Crippen molar-refractivity contribution in [2.24, 2.45) is 0 Å². The van der Waals surface area contributed by atoms with Crippen molar-refractivity contribution < 1.29 is 41.0 Å². The van der Waals surface area contributed by atoms with Gasteiger partial charge in [0.15, 0.2) is 0 Å². The first-order chi connectivity index (χ1) is 13.4. The van der Waals surface area contributed by atoms with Gasteiger partial charge in [-0.2, -0.15) is 26.3 Å². The van der Waals surface area contributed by atoms with Gasteiger partial charge in [0.1, 0.15) is 6.04 Å². The molecule has 0 bridgehead atoms. The number of hydrogen-bond donors (Lipinski definition) is 2. The second-order valence-electron chi connectivity index (χ2n) is 6.44. The SMILES string of the molecule is C=CCCCCCC[C@H](NC(=O)c1cc(C(F)(F)F)cc(C(F)(F)F)c1)C(=O)O. The number of halogens is 6. The van der Waals surface area contributed by atoms with Gasteiger partial charge >= 0.3 is 18.3 Å². The van der Waals surface area contributed by atoms with Crippen molar-refractivity contribution >= 4 is 11.9 Å². The van der Waals surface area contributed by atoms with E-state index < -0.39 is 47.0 Å². The summed E-state index contributed by atoms with van der Waals surface area (Å²) in [5.41, 5.74) is -4.21. The van der Waals surface area contributed by atoms with Crippen LogP contribution >= 0.6 is 0 Å². The van der Waals surface area contributed by atoms with Gasteiger partial charge in [0.2, 0.25) is 0 Å². The van der Waals surface area contributed by atoms with Gasteiger partial charge in [-0.15, -0.1) is 6.58 Å². The molecule has 29 heavy (non-hydrogen) atoms. The van der Waals surface area contributed by atoms with E-state index in [4.69, 9.17) is 0 Å². The first kappa shape index (κ1) is 24.5. The summed E-state index contributed by atoms with van der Waals surface area (Å²) in [7, 11) is 0. The fourth-order valence-electron chi connectivity index (χ4n) is 2.58. The van der Waals surface area contributed by atoms with E-state index in [-0.39, 0.29) is 24.6 Å². The molecule has 0 fully saturated rings. The lowest BCUT2D eigenvalue weighted by molar-refractivity contribution is -0.143. The van der Waals surface area contributed by atoms with E-state index in [0.717, 1.165) is 19.3 Å². The number of carboxylic acid groups (broad SMARTS) is 1. The van der Waals surface area contributed by atoms with Crippen LogP contribution in [0, 0.1) is 0 Å². The highest BCUT2D eigenvalue weighted by molar-refractivity contribution is 5.97. The van der Waals surface area contributed by atoms with E-state index in [2.05, 4.69) is 6.58 Å². The number of carboxylic acids is 1. The fourth-order valence-corrected chi connectivity index (χ4v) is 2.58. The van der Waals surface area contributed by atoms with Gasteiger partial charge in [0.25, 0.3) is 5.91 Å². The van der Waals surface area contributed by atoms with Gasteiger partial charge < -0.3 is 10.4 Å². The Labute approximate surface area is 163 Å². The van der Waals surface area contributed by atoms with Crippen LogP contribution in [0.3, 0.4) is 0 Å². The third kappa shape index (κ3) is 8.16. The molecular weight excluding hydrogens is 404 g/mol. The number of amides is 1. The van der Waals surface area contributed by atoms with E-state index in [1.54, 1.807) is 6.08 Å². The molecule has 1 atom stereocenters. The Morgan fingerprint density at radius 2 is 1.48 bits per heavy atom. The number of rotatable bonds is 10. The fraction of sp³-hybridized carbons (Fsp3) is 0.474. The van der Waals surface area contributed by atoms with E-state index in [0.29, 0.717) is 12.8 Å². The lowest BCUT2D eigenvalue weighted by atomic mass is 10.0. The molecule has 4 nitrogen and oxygen atoms in total. The summed E-state index contributed by atoms with van der Waals surface area (Å²) >= 11 is 0. The van der Waals surface area contributed by atoms with Crippen LogP contribution in [0.15, 0.2) is 30.9 Å². The molecule has 162 valence electrons. The Balaban J connectivity index is 2.94. The highest BCUT2D eigenvalue weighted by Gasteiger charge is 2.37. The van der Waals surface area contributed by atoms with E-state index in [9.17, 15) is 41.0 Å². The number of carbonyl (C=O) groups is 2. The van der Waals surface area contributed by atoms with Crippen molar-refractivity contribution in [3.63, 3.8) is 0 Å².